The Balaban J connectivity index is 1.37. The monoisotopic (exact) mass is 434 g/mol. The van der Waals surface area contributed by atoms with E-state index >= 15 is 0 Å². The van der Waals surface area contributed by atoms with Gasteiger partial charge in [-0.1, -0.05) is 91.0 Å². The Morgan fingerprint density at radius 2 is 1.06 bits per heavy atom. The van der Waals surface area contributed by atoms with Gasteiger partial charge >= 0.3 is 0 Å². The lowest BCUT2D eigenvalue weighted by atomic mass is 10.0. The van der Waals surface area contributed by atoms with Crippen LogP contribution in [0.4, 0.5) is 0 Å². The van der Waals surface area contributed by atoms with E-state index < -0.39 is 11.6 Å². The number of aliphatic hydroxyl groups is 1. The first-order valence-electron chi connectivity index (χ1n) is 11.0. The van der Waals surface area contributed by atoms with Gasteiger partial charge in [0.15, 0.2) is 0 Å². The van der Waals surface area contributed by atoms with Gasteiger partial charge in [-0.2, -0.15) is 0 Å². The standard InChI is InChI=1S/C27H30O5/c28-27(31-20-25-14-8-3-9-15-25)17-16-26(32-27,21-29-18-23-10-4-1-5-11-23)22-30-19-24-12-6-2-7-13-24/h1-15,28H,16-22H2. The molecule has 32 heavy (non-hydrogen) atoms. The number of ether oxygens (including phenoxy) is 4. The van der Waals surface area contributed by atoms with Crippen molar-refractivity contribution in [1.29, 1.82) is 0 Å². The molecule has 4 rings (SSSR count). The molecule has 1 N–H and O–H groups in total. The third-order valence-electron chi connectivity index (χ3n) is 5.53. The highest BCUT2D eigenvalue weighted by atomic mass is 16.8. The molecule has 0 saturated carbocycles. The van der Waals surface area contributed by atoms with Crippen LogP contribution in [0.2, 0.25) is 0 Å². The van der Waals surface area contributed by atoms with Crippen LogP contribution in [-0.4, -0.2) is 29.9 Å². The quantitative estimate of drug-likeness (QED) is 0.438. The Morgan fingerprint density at radius 3 is 1.53 bits per heavy atom. The number of rotatable bonds is 11. The normalized spacial score (nSPS) is 19.8. The summed E-state index contributed by atoms with van der Waals surface area (Å²) in [5.74, 6) is -1.66. The van der Waals surface area contributed by atoms with Crippen LogP contribution in [0.15, 0.2) is 91.0 Å². The lowest BCUT2D eigenvalue weighted by Crippen LogP contribution is -2.44. The van der Waals surface area contributed by atoms with Gasteiger partial charge in [-0.15, -0.1) is 0 Å². The highest BCUT2D eigenvalue weighted by Gasteiger charge is 2.50. The smallest absolute Gasteiger partial charge is 0.281 e. The van der Waals surface area contributed by atoms with E-state index in [-0.39, 0.29) is 6.61 Å². The minimum Gasteiger partial charge on any atom is -0.374 e. The van der Waals surface area contributed by atoms with Gasteiger partial charge in [-0.3, -0.25) is 0 Å². The molecule has 0 radical (unpaired) electrons. The first-order chi connectivity index (χ1) is 15.6. The SMILES string of the molecule is OC1(OCc2ccccc2)CCC(COCc2ccccc2)(COCc2ccccc2)O1. The van der Waals surface area contributed by atoms with Crippen LogP contribution in [0.1, 0.15) is 29.5 Å². The molecule has 3 aromatic carbocycles. The molecule has 0 amide bonds. The number of hydrogen-bond donors (Lipinski definition) is 1. The zero-order valence-corrected chi connectivity index (χ0v) is 18.2. The topological polar surface area (TPSA) is 57.2 Å². The van der Waals surface area contributed by atoms with Crippen LogP contribution < -0.4 is 0 Å². The molecule has 0 aliphatic carbocycles. The highest BCUT2D eigenvalue weighted by molar-refractivity contribution is 5.15. The van der Waals surface area contributed by atoms with Crippen LogP contribution in [0, 0.1) is 0 Å². The molecule has 1 atom stereocenters. The van der Waals surface area contributed by atoms with Crippen molar-refractivity contribution < 1.29 is 24.1 Å². The Bertz CT molecular complexity index is 887. The van der Waals surface area contributed by atoms with E-state index in [1.807, 2.05) is 91.0 Å². The van der Waals surface area contributed by atoms with Crippen molar-refractivity contribution in [2.75, 3.05) is 13.2 Å². The van der Waals surface area contributed by atoms with Crippen LogP contribution in [0.25, 0.3) is 0 Å². The van der Waals surface area contributed by atoms with E-state index in [1.165, 1.54) is 0 Å². The largest absolute Gasteiger partial charge is 0.374 e. The minimum absolute atomic E-state index is 0.267. The van der Waals surface area contributed by atoms with Crippen molar-refractivity contribution in [1.82, 2.24) is 0 Å². The molecule has 1 saturated heterocycles. The highest BCUT2D eigenvalue weighted by Crippen LogP contribution is 2.38. The molecule has 1 aliphatic heterocycles. The van der Waals surface area contributed by atoms with Crippen LogP contribution in [0.3, 0.4) is 0 Å². The Kier molecular flexibility index (Phi) is 7.68. The third-order valence-corrected chi connectivity index (χ3v) is 5.53. The Labute approximate surface area is 189 Å². The lowest BCUT2D eigenvalue weighted by molar-refractivity contribution is -0.376. The van der Waals surface area contributed by atoms with Gasteiger partial charge < -0.3 is 24.1 Å². The van der Waals surface area contributed by atoms with Gasteiger partial charge in [0.05, 0.1) is 33.0 Å². The summed E-state index contributed by atoms with van der Waals surface area (Å²) < 4.78 is 23.9. The van der Waals surface area contributed by atoms with Gasteiger partial charge in [-0.25, -0.2) is 0 Å². The van der Waals surface area contributed by atoms with E-state index in [0.29, 0.717) is 39.3 Å². The molecule has 1 unspecified atom stereocenters. The second-order valence-electron chi connectivity index (χ2n) is 8.23. The van der Waals surface area contributed by atoms with Crippen molar-refractivity contribution >= 4 is 0 Å². The summed E-state index contributed by atoms with van der Waals surface area (Å²) in [5.41, 5.74) is 2.36. The van der Waals surface area contributed by atoms with E-state index in [9.17, 15) is 5.11 Å². The number of benzene rings is 3. The molecular weight excluding hydrogens is 404 g/mol. The maximum atomic E-state index is 11.0. The van der Waals surface area contributed by atoms with Crippen molar-refractivity contribution in [2.45, 2.75) is 44.2 Å². The number of hydrogen-bond acceptors (Lipinski definition) is 5. The van der Waals surface area contributed by atoms with Crippen molar-refractivity contribution in [3.8, 4) is 0 Å². The van der Waals surface area contributed by atoms with Crippen LogP contribution >= 0.6 is 0 Å². The first-order valence-corrected chi connectivity index (χ1v) is 11.0. The average Bonchev–Trinajstić information content (AvgIpc) is 3.17. The van der Waals surface area contributed by atoms with E-state index in [0.717, 1.165) is 16.7 Å². The Hall–Kier alpha value is -2.54. The zero-order valence-electron chi connectivity index (χ0n) is 18.2. The summed E-state index contributed by atoms with van der Waals surface area (Å²) in [6.45, 7) is 1.80. The molecule has 5 nitrogen and oxygen atoms in total. The van der Waals surface area contributed by atoms with E-state index in [2.05, 4.69) is 0 Å². The fraction of sp³-hybridized carbons (Fsp3) is 0.333. The third kappa shape index (κ3) is 6.48. The lowest BCUT2D eigenvalue weighted by Gasteiger charge is -2.31. The molecule has 1 aliphatic rings. The molecule has 0 spiro atoms. The van der Waals surface area contributed by atoms with Gasteiger partial charge in [0.2, 0.25) is 0 Å². The average molecular weight is 435 g/mol. The molecule has 1 heterocycles. The Morgan fingerprint density at radius 1 is 0.625 bits per heavy atom. The van der Waals surface area contributed by atoms with Gasteiger partial charge in [0, 0.05) is 6.42 Å². The summed E-state index contributed by atoms with van der Waals surface area (Å²) >= 11 is 0. The molecule has 1 fully saturated rings. The molecule has 0 aromatic heterocycles. The molecule has 168 valence electrons. The first kappa shape index (κ1) is 22.6. The summed E-state index contributed by atoms with van der Waals surface area (Å²) in [7, 11) is 0. The van der Waals surface area contributed by atoms with Gasteiger partial charge in [-0.05, 0) is 23.1 Å². The van der Waals surface area contributed by atoms with E-state index in [1.54, 1.807) is 0 Å². The fourth-order valence-electron chi connectivity index (χ4n) is 3.80. The molecular formula is C27H30O5. The summed E-state index contributed by atoms with van der Waals surface area (Å²) in [4.78, 5) is 0. The van der Waals surface area contributed by atoms with Gasteiger partial charge in [0.25, 0.3) is 5.97 Å². The maximum absolute atomic E-state index is 11.0. The summed E-state index contributed by atoms with van der Waals surface area (Å²) in [5, 5.41) is 11.0. The van der Waals surface area contributed by atoms with Crippen molar-refractivity contribution in [3.63, 3.8) is 0 Å². The molecule has 5 heteroatoms. The minimum atomic E-state index is -1.66. The summed E-state index contributed by atoms with van der Waals surface area (Å²) in [6.07, 6.45) is 0.922. The van der Waals surface area contributed by atoms with Crippen molar-refractivity contribution in [3.05, 3.63) is 108 Å². The molecule has 3 aromatic rings. The maximum Gasteiger partial charge on any atom is 0.281 e. The van der Waals surface area contributed by atoms with Crippen LogP contribution in [-0.2, 0) is 38.8 Å². The molecule has 0 bridgehead atoms. The van der Waals surface area contributed by atoms with E-state index in [4.69, 9.17) is 18.9 Å². The fourth-order valence-corrected chi connectivity index (χ4v) is 3.80. The predicted octanol–water partition coefficient (Wildman–Crippen LogP) is 4.83. The van der Waals surface area contributed by atoms with Crippen molar-refractivity contribution in [2.24, 2.45) is 0 Å². The predicted molar refractivity (Wildman–Crippen MR) is 121 cm³/mol. The zero-order chi connectivity index (χ0) is 22.1. The second kappa shape index (κ2) is 10.9. The van der Waals surface area contributed by atoms with Crippen LogP contribution in [0.5, 0.6) is 0 Å². The second-order valence-corrected chi connectivity index (χ2v) is 8.23. The van der Waals surface area contributed by atoms with Gasteiger partial charge in [0.1, 0.15) is 5.60 Å². The summed E-state index contributed by atoms with van der Waals surface area (Å²) in [6, 6.07) is 29.7.